The highest BCUT2D eigenvalue weighted by Crippen LogP contribution is 2.25. The normalized spacial score (nSPS) is 27.4. The van der Waals surface area contributed by atoms with Gasteiger partial charge in [-0.1, -0.05) is 13.8 Å². The first-order valence-corrected chi connectivity index (χ1v) is 8.33. The minimum Gasteiger partial charge on any atom is -0.339 e. The number of likely N-dealkylation sites (tertiary alicyclic amines) is 1. The number of rotatable bonds is 3. The molecule has 2 saturated heterocycles. The first-order valence-electron chi connectivity index (χ1n) is 8.33. The lowest BCUT2D eigenvalue weighted by Gasteiger charge is -2.34. The number of carbonyl (C=O) groups is 1. The van der Waals surface area contributed by atoms with Crippen molar-refractivity contribution < 1.29 is 4.79 Å². The van der Waals surface area contributed by atoms with E-state index in [9.17, 15) is 4.79 Å². The maximum Gasteiger partial charge on any atom is 0.239 e. The van der Waals surface area contributed by atoms with Crippen LogP contribution in [-0.4, -0.2) is 61.0 Å². The van der Waals surface area contributed by atoms with Crippen LogP contribution in [0.5, 0.6) is 0 Å². The van der Waals surface area contributed by atoms with Crippen LogP contribution in [0.2, 0.25) is 0 Å². The van der Waals surface area contributed by atoms with Gasteiger partial charge in [-0.15, -0.1) is 0 Å². The molecule has 1 N–H and O–H groups in total. The Balaban J connectivity index is 1.88. The van der Waals surface area contributed by atoms with Crippen molar-refractivity contribution >= 4 is 5.91 Å². The van der Waals surface area contributed by atoms with Crippen molar-refractivity contribution in [2.45, 2.75) is 46.1 Å². The van der Waals surface area contributed by atoms with E-state index in [1.807, 2.05) is 4.90 Å². The van der Waals surface area contributed by atoms with Gasteiger partial charge >= 0.3 is 0 Å². The molecule has 2 rings (SSSR count). The predicted octanol–water partition coefficient (Wildman–Crippen LogP) is 1.56. The molecule has 116 valence electrons. The van der Waals surface area contributed by atoms with Crippen molar-refractivity contribution in [2.24, 2.45) is 11.8 Å². The SMILES string of the molecule is CC(C)C1CCCN(C(C)C(=O)N2CCNCC2)CC1. The van der Waals surface area contributed by atoms with E-state index in [0.29, 0.717) is 5.91 Å². The Morgan fingerprint density at radius 1 is 1.05 bits per heavy atom. The van der Waals surface area contributed by atoms with Crippen molar-refractivity contribution in [1.29, 1.82) is 0 Å². The first kappa shape index (κ1) is 15.8. The second-order valence-electron chi connectivity index (χ2n) is 6.72. The second-order valence-corrected chi connectivity index (χ2v) is 6.72. The molecule has 2 atom stereocenters. The highest BCUT2D eigenvalue weighted by molar-refractivity contribution is 5.81. The predicted molar refractivity (Wildman–Crippen MR) is 82.7 cm³/mol. The Morgan fingerprint density at radius 3 is 2.40 bits per heavy atom. The minimum atomic E-state index is 0.0546. The second kappa shape index (κ2) is 7.41. The molecule has 2 aliphatic heterocycles. The third-order valence-electron chi connectivity index (χ3n) is 5.08. The summed E-state index contributed by atoms with van der Waals surface area (Å²) in [6.45, 7) is 12.5. The molecular weight excluding hydrogens is 250 g/mol. The largest absolute Gasteiger partial charge is 0.339 e. The fourth-order valence-electron chi connectivity index (χ4n) is 3.50. The van der Waals surface area contributed by atoms with Crippen LogP contribution >= 0.6 is 0 Å². The molecule has 2 unspecified atom stereocenters. The lowest BCUT2D eigenvalue weighted by molar-refractivity contribution is -0.137. The molecule has 2 fully saturated rings. The average Bonchev–Trinajstić information content (AvgIpc) is 2.72. The van der Waals surface area contributed by atoms with Crippen molar-refractivity contribution in [3.05, 3.63) is 0 Å². The van der Waals surface area contributed by atoms with E-state index < -0.39 is 0 Å². The summed E-state index contributed by atoms with van der Waals surface area (Å²) in [7, 11) is 0. The Bertz CT molecular complexity index is 313. The van der Waals surface area contributed by atoms with Gasteiger partial charge in [0.25, 0.3) is 0 Å². The Morgan fingerprint density at radius 2 is 1.75 bits per heavy atom. The average molecular weight is 281 g/mol. The number of carbonyl (C=O) groups excluding carboxylic acids is 1. The molecule has 4 heteroatoms. The number of hydrogen-bond donors (Lipinski definition) is 1. The quantitative estimate of drug-likeness (QED) is 0.853. The van der Waals surface area contributed by atoms with Crippen LogP contribution in [0.25, 0.3) is 0 Å². The first-order chi connectivity index (χ1) is 9.59. The molecule has 0 aliphatic carbocycles. The summed E-state index contributed by atoms with van der Waals surface area (Å²) in [6.07, 6.45) is 3.81. The van der Waals surface area contributed by atoms with Gasteiger partial charge in [-0.25, -0.2) is 0 Å². The zero-order chi connectivity index (χ0) is 14.5. The summed E-state index contributed by atoms with van der Waals surface area (Å²) < 4.78 is 0. The molecule has 4 nitrogen and oxygen atoms in total. The Kier molecular flexibility index (Phi) is 5.85. The van der Waals surface area contributed by atoms with Gasteiger partial charge in [0, 0.05) is 26.2 Å². The van der Waals surface area contributed by atoms with Gasteiger partial charge in [0.05, 0.1) is 6.04 Å². The van der Waals surface area contributed by atoms with Crippen LogP contribution in [0, 0.1) is 11.8 Å². The van der Waals surface area contributed by atoms with Gasteiger partial charge in [-0.05, 0) is 51.1 Å². The van der Waals surface area contributed by atoms with E-state index in [4.69, 9.17) is 0 Å². The monoisotopic (exact) mass is 281 g/mol. The maximum absolute atomic E-state index is 12.6. The fourth-order valence-corrected chi connectivity index (χ4v) is 3.50. The Labute approximate surface area is 123 Å². The lowest BCUT2D eigenvalue weighted by atomic mass is 9.89. The van der Waals surface area contributed by atoms with Crippen LogP contribution < -0.4 is 5.32 Å². The van der Waals surface area contributed by atoms with Gasteiger partial charge in [0.2, 0.25) is 5.91 Å². The molecule has 1 amide bonds. The van der Waals surface area contributed by atoms with Crippen molar-refractivity contribution in [2.75, 3.05) is 39.3 Å². The van der Waals surface area contributed by atoms with Gasteiger partial charge < -0.3 is 10.2 Å². The standard InChI is InChI=1S/C16H31N3O/c1-13(2)15-5-4-9-18(10-6-15)14(3)16(20)19-11-7-17-8-12-19/h13-15,17H,4-12H2,1-3H3. The highest BCUT2D eigenvalue weighted by Gasteiger charge is 2.29. The topological polar surface area (TPSA) is 35.6 Å². The van der Waals surface area contributed by atoms with Crippen LogP contribution in [0.15, 0.2) is 0 Å². The van der Waals surface area contributed by atoms with E-state index in [1.165, 1.54) is 19.3 Å². The summed E-state index contributed by atoms with van der Waals surface area (Å²) in [4.78, 5) is 17.0. The molecule has 2 heterocycles. The van der Waals surface area contributed by atoms with Crippen molar-refractivity contribution in [3.63, 3.8) is 0 Å². The number of piperazine rings is 1. The molecular formula is C16H31N3O. The molecule has 0 bridgehead atoms. The number of nitrogens with one attached hydrogen (secondary N) is 1. The van der Waals surface area contributed by atoms with E-state index in [-0.39, 0.29) is 6.04 Å². The van der Waals surface area contributed by atoms with Crippen molar-refractivity contribution in [3.8, 4) is 0 Å². The zero-order valence-corrected chi connectivity index (χ0v) is 13.4. The van der Waals surface area contributed by atoms with Crippen LogP contribution in [-0.2, 0) is 4.79 Å². The van der Waals surface area contributed by atoms with E-state index in [2.05, 4.69) is 31.0 Å². The molecule has 0 aromatic heterocycles. The van der Waals surface area contributed by atoms with E-state index in [0.717, 1.165) is 51.1 Å². The zero-order valence-electron chi connectivity index (χ0n) is 13.4. The van der Waals surface area contributed by atoms with Crippen LogP contribution in [0.4, 0.5) is 0 Å². The van der Waals surface area contributed by atoms with Crippen LogP contribution in [0.1, 0.15) is 40.0 Å². The molecule has 0 aromatic carbocycles. The fraction of sp³-hybridized carbons (Fsp3) is 0.938. The van der Waals surface area contributed by atoms with Gasteiger partial charge in [-0.2, -0.15) is 0 Å². The lowest BCUT2D eigenvalue weighted by Crippen LogP contribution is -2.53. The van der Waals surface area contributed by atoms with Crippen LogP contribution in [0.3, 0.4) is 0 Å². The summed E-state index contributed by atoms with van der Waals surface area (Å²) in [6, 6.07) is 0.0546. The third kappa shape index (κ3) is 3.95. The molecule has 2 aliphatic rings. The summed E-state index contributed by atoms with van der Waals surface area (Å²) in [5.74, 6) is 1.94. The maximum atomic E-state index is 12.6. The summed E-state index contributed by atoms with van der Waals surface area (Å²) >= 11 is 0. The molecule has 0 spiro atoms. The Hall–Kier alpha value is -0.610. The number of nitrogens with zero attached hydrogens (tertiary/aromatic N) is 2. The van der Waals surface area contributed by atoms with E-state index >= 15 is 0 Å². The molecule has 0 aromatic rings. The van der Waals surface area contributed by atoms with Gasteiger partial charge in [-0.3, -0.25) is 9.69 Å². The summed E-state index contributed by atoms with van der Waals surface area (Å²) in [5, 5.41) is 3.31. The smallest absolute Gasteiger partial charge is 0.239 e. The van der Waals surface area contributed by atoms with Gasteiger partial charge in [0.15, 0.2) is 0 Å². The molecule has 20 heavy (non-hydrogen) atoms. The van der Waals surface area contributed by atoms with Gasteiger partial charge in [0.1, 0.15) is 0 Å². The minimum absolute atomic E-state index is 0.0546. The number of amides is 1. The van der Waals surface area contributed by atoms with Crippen molar-refractivity contribution in [1.82, 2.24) is 15.1 Å². The molecule has 0 radical (unpaired) electrons. The number of hydrogen-bond acceptors (Lipinski definition) is 3. The third-order valence-corrected chi connectivity index (χ3v) is 5.08. The molecule has 0 saturated carbocycles. The summed E-state index contributed by atoms with van der Waals surface area (Å²) in [5.41, 5.74) is 0. The highest BCUT2D eigenvalue weighted by atomic mass is 16.2. The van der Waals surface area contributed by atoms with E-state index in [1.54, 1.807) is 0 Å².